The van der Waals surface area contributed by atoms with Gasteiger partial charge in [0.25, 0.3) is 5.91 Å². The molecular formula is C28H25F2N7O. The quantitative estimate of drug-likeness (QED) is 0.380. The van der Waals surface area contributed by atoms with Gasteiger partial charge in [0, 0.05) is 55.1 Å². The second kappa shape index (κ2) is 9.46. The molecule has 0 saturated carbocycles. The Balaban J connectivity index is 1.36. The van der Waals surface area contributed by atoms with Gasteiger partial charge in [0.1, 0.15) is 17.3 Å². The van der Waals surface area contributed by atoms with E-state index in [1.165, 1.54) is 36.4 Å². The molecule has 1 aliphatic heterocycles. The number of rotatable bonds is 4. The zero-order valence-corrected chi connectivity index (χ0v) is 20.9. The lowest BCUT2D eigenvalue weighted by Crippen LogP contribution is -2.45. The van der Waals surface area contributed by atoms with E-state index in [9.17, 15) is 9.18 Å². The smallest absolute Gasteiger partial charge is 0.255 e. The molecular weight excluding hydrogens is 488 g/mol. The van der Waals surface area contributed by atoms with Gasteiger partial charge in [-0.3, -0.25) is 9.20 Å². The van der Waals surface area contributed by atoms with Gasteiger partial charge in [0.15, 0.2) is 5.65 Å². The van der Waals surface area contributed by atoms with Crippen LogP contribution in [0.4, 0.5) is 20.4 Å². The Kier molecular flexibility index (Phi) is 5.96. The third-order valence-electron chi connectivity index (χ3n) is 6.80. The van der Waals surface area contributed by atoms with E-state index in [1.54, 1.807) is 12.3 Å². The topological polar surface area (TPSA) is 78.7 Å². The summed E-state index contributed by atoms with van der Waals surface area (Å²) in [7, 11) is 2.10. The molecule has 1 N–H and O–H groups in total. The van der Waals surface area contributed by atoms with E-state index in [0.29, 0.717) is 17.2 Å². The van der Waals surface area contributed by atoms with Crippen LogP contribution in [0.1, 0.15) is 16.1 Å². The molecule has 1 fully saturated rings. The Labute approximate surface area is 217 Å². The zero-order chi connectivity index (χ0) is 26.4. The zero-order valence-electron chi connectivity index (χ0n) is 20.9. The van der Waals surface area contributed by atoms with Crippen LogP contribution in [-0.4, -0.2) is 63.4 Å². The van der Waals surface area contributed by atoms with E-state index in [0.717, 1.165) is 48.5 Å². The van der Waals surface area contributed by atoms with Crippen LogP contribution in [0.5, 0.6) is 0 Å². The second-order valence-corrected chi connectivity index (χ2v) is 9.53. The molecule has 0 radical (unpaired) electrons. The molecule has 5 aromatic rings. The number of pyridine rings is 1. The number of hydrogen-bond donors (Lipinski definition) is 1. The number of halogens is 2. The highest BCUT2D eigenvalue weighted by Crippen LogP contribution is 2.31. The molecule has 8 nitrogen and oxygen atoms in total. The maximum absolute atomic E-state index is 15.1. The number of imidazole rings is 1. The summed E-state index contributed by atoms with van der Waals surface area (Å²) in [5.74, 6) is -0.893. The summed E-state index contributed by atoms with van der Waals surface area (Å²) in [6.45, 7) is 5.52. The number of piperazine rings is 1. The Hall–Kier alpha value is -4.44. The molecule has 1 saturated heterocycles. The second-order valence-electron chi connectivity index (χ2n) is 9.53. The molecule has 4 heterocycles. The van der Waals surface area contributed by atoms with Gasteiger partial charge in [0.2, 0.25) is 5.95 Å². The van der Waals surface area contributed by atoms with Crippen molar-refractivity contribution in [2.24, 2.45) is 0 Å². The number of aromatic nitrogens is 4. The lowest BCUT2D eigenvalue weighted by Gasteiger charge is -2.32. The number of benzene rings is 2. The van der Waals surface area contributed by atoms with Gasteiger partial charge in [-0.2, -0.15) is 4.98 Å². The summed E-state index contributed by atoms with van der Waals surface area (Å²) in [6, 6.07) is 11.6. The van der Waals surface area contributed by atoms with E-state index >= 15 is 4.39 Å². The fourth-order valence-corrected chi connectivity index (χ4v) is 4.69. The number of aryl methyl sites for hydroxylation is 1. The van der Waals surface area contributed by atoms with Gasteiger partial charge in [-0.15, -0.1) is 0 Å². The van der Waals surface area contributed by atoms with Crippen molar-refractivity contribution in [2.75, 3.05) is 43.4 Å². The summed E-state index contributed by atoms with van der Waals surface area (Å²) < 4.78 is 30.2. The van der Waals surface area contributed by atoms with Crippen LogP contribution in [0, 0.1) is 18.6 Å². The lowest BCUT2D eigenvalue weighted by molar-refractivity contribution is 0.102. The summed E-state index contributed by atoms with van der Waals surface area (Å²) in [4.78, 5) is 31.1. The normalized spacial score (nSPS) is 14.4. The standard InChI is InChI=1S/C28H25F2N7O/c1-17-16-37-25-20(15-31-28(34-25)36-11-9-35(2)10-12-36)13-22(26(37)32-17)19-5-8-24(23(30)14-19)33-27(38)18-3-6-21(29)7-4-18/h3-8,13-16H,9-12H2,1-2H3,(H,33,38). The van der Waals surface area contributed by atoms with Crippen LogP contribution < -0.4 is 10.2 Å². The maximum atomic E-state index is 15.1. The number of anilines is 2. The number of nitrogens with one attached hydrogen (secondary N) is 1. The Morgan fingerprint density at radius 3 is 2.45 bits per heavy atom. The van der Waals surface area contributed by atoms with E-state index < -0.39 is 17.5 Å². The number of carbonyl (C=O) groups is 1. The molecule has 0 spiro atoms. The predicted molar refractivity (Wildman–Crippen MR) is 142 cm³/mol. The first-order valence-electron chi connectivity index (χ1n) is 12.3. The van der Waals surface area contributed by atoms with Gasteiger partial charge in [-0.1, -0.05) is 6.07 Å². The fourth-order valence-electron chi connectivity index (χ4n) is 4.69. The summed E-state index contributed by atoms with van der Waals surface area (Å²) in [6.07, 6.45) is 3.71. The van der Waals surface area contributed by atoms with E-state index in [4.69, 9.17) is 9.97 Å². The highest BCUT2D eigenvalue weighted by molar-refractivity contribution is 6.04. The summed E-state index contributed by atoms with van der Waals surface area (Å²) in [5, 5.41) is 3.35. The van der Waals surface area contributed by atoms with Crippen molar-refractivity contribution in [1.82, 2.24) is 24.3 Å². The van der Waals surface area contributed by atoms with Crippen LogP contribution >= 0.6 is 0 Å². The first kappa shape index (κ1) is 23.9. The minimum atomic E-state index is -0.596. The van der Waals surface area contributed by atoms with Crippen molar-refractivity contribution in [3.05, 3.63) is 83.8 Å². The molecule has 6 rings (SSSR count). The number of amides is 1. The molecule has 0 bridgehead atoms. The molecule has 0 unspecified atom stereocenters. The molecule has 0 aliphatic carbocycles. The Morgan fingerprint density at radius 2 is 1.71 bits per heavy atom. The molecule has 3 aromatic heterocycles. The number of hydrogen-bond acceptors (Lipinski definition) is 6. The van der Waals surface area contributed by atoms with E-state index in [2.05, 4.69) is 27.1 Å². The monoisotopic (exact) mass is 513 g/mol. The summed E-state index contributed by atoms with van der Waals surface area (Å²) in [5.41, 5.74) is 3.77. The molecule has 1 amide bonds. The molecule has 1 aliphatic rings. The van der Waals surface area contributed by atoms with Gasteiger partial charge in [-0.05, 0) is 62.0 Å². The predicted octanol–water partition coefficient (Wildman–Crippen LogP) is 4.54. The van der Waals surface area contributed by atoms with E-state index in [1.807, 2.05) is 23.6 Å². The first-order valence-corrected chi connectivity index (χ1v) is 12.3. The molecule has 38 heavy (non-hydrogen) atoms. The summed E-state index contributed by atoms with van der Waals surface area (Å²) >= 11 is 0. The maximum Gasteiger partial charge on any atom is 0.255 e. The lowest BCUT2D eigenvalue weighted by atomic mass is 10.0. The van der Waals surface area contributed by atoms with Gasteiger partial charge in [0.05, 0.1) is 11.4 Å². The van der Waals surface area contributed by atoms with E-state index in [-0.39, 0.29) is 11.3 Å². The van der Waals surface area contributed by atoms with Gasteiger partial charge in [-0.25, -0.2) is 18.7 Å². The number of likely N-dealkylation sites (N-methyl/N-ethyl adjacent to an activating group) is 1. The average molecular weight is 514 g/mol. The van der Waals surface area contributed by atoms with Crippen molar-refractivity contribution in [3.8, 4) is 11.1 Å². The third kappa shape index (κ3) is 4.43. The first-order chi connectivity index (χ1) is 18.4. The van der Waals surface area contributed by atoms with Crippen LogP contribution in [0.25, 0.3) is 27.8 Å². The van der Waals surface area contributed by atoms with Crippen molar-refractivity contribution in [2.45, 2.75) is 6.92 Å². The molecule has 0 atom stereocenters. The third-order valence-corrected chi connectivity index (χ3v) is 6.80. The van der Waals surface area contributed by atoms with Crippen LogP contribution in [0.15, 0.2) is 60.9 Å². The van der Waals surface area contributed by atoms with Crippen molar-refractivity contribution in [1.29, 1.82) is 0 Å². The van der Waals surface area contributed by atoms with Gasteiger partial charge >= 0.3 is 0 Å². The molecule has 10 heteroatoms. The van der Waals surface area contributed by atoms with Crippen molar-refractivity contribution < 1.29 is 13.6 Å². The number of carbonyl (C=O) groups excluding carboxylic acids is 1. The van der Waals surface area contributed by atoms with Gasteiger partial charge < -0.3 is 15.1 Å². The fraction of sp³-hybridized carbons (Fsp3) is 0.214. The Morgan fingerprint density at radius 1 is 0.947 bits per heavy atom. The average Bonchev–Trinajstić information content (AvgIpc) is 3.31. The number of fused-ring (bicyclic) bond motifs is 3. The minimum absolute atomic E-state index is 0.0274. The SMILES string of the molecule is Cc1cn2c(n1)c(-c1ccc(NC(=O)c3ccc(F)cc3)c(F)c1)cc1cnc(N3CCN(C)CC3)nc12. The highest BCUT2D eigenvalue weighted by atomic mass is 19.1. The van der Waals surface area contributed by atoms with Crippen LogP contribution in [-0.2, 0) is 0 Å². The minimum Gasteiger partial charge on any atom is -0.338 e. The largest absolute Gasteiger partial charge is 0.338 e. The van der Waals surface area contributed by atoms with Crippen molar-refractivity contribution >= 4 is 34.2 Å². The molecule has 2 aromatic carbocycles. The van der Waals surface area contributed by atoms with Crippen molar-refractivity contribution in [3.63, 3.8) is 0 Å². The number of nitrogens with zero attached hydrogens (tertiary/aromatic N) is 6. The highest BCUT2D eigenvalue weighted by Gasteiger charge is 2.19. The Bertz CT molecular complexity index is 1680. The van der Waals surface area contributed by atoms with Crippen LogP contribution in [0.2, 0.25) is 0 Å². The van der Waals surface area contributed by atoms with Crippen LogP contribution in [0.3, 0.4) is 0 Å². The molecule has 192 valence electrons.